The molecule has 1 heterocycles. The maximum absolute atomic E-state index is 13.9. The fraction of sp³-hybridized carbons (Fsp3) is 0.350. The number of benzene rings is 2. The second kappa shape index (κ2) is 8.76. The van der Waals surface area contributed by atoms with E-state index in [4.69, 9.17) is 11.6 Å². The number of anilines is 1. The van der Waals surface area contributed by atoms with Gasteiger partial charge >= 0.3 is 6.18 Å². The van der Waals surface area contributed by atoms with Gasteiger partial charge in [-0.25, -0.2) is 12.8 Å². The maximum atomic E-state index is 13.9. The molecule has 168 valence electrons. The molecule has 1 N–H and O–H groups in total. The third-order valence-electron chi connectivity index (χ3n) is 5.09. The third-order valence-corrected chi connectivity index (χ3v) is 7.31. The number of nitrogens with one attached hydrogen (secondary N) is 1. The first-order valence-corrected chi connectivity index (χ1v) is 11.2. The first-order chi connectivity index (χ1) is 14.4. The lowest BCUT2D eigenvalue weighted by Gasteiger charge is -2.30. The summed E-state index contributed by atoms with van der Waals surface area (Å²) in [5, 5.41) is 1.91. The van der Waals surface area contributed by atoms with Crippen molar-refractivity contribution in [3.63, 3.8) is 0 Å². The number of sulfonamides is 1. The maximum Gasteiger partial charge on any atom is 0.417 e. The van der Waals surface area contributed by atoms with Crippen LogP contribution in [-0.4, -0.2) is 31.7 Å². The number of alkyl halides is 3. The van der Waals surface area contributed by atoms with Gasteiger partial charge < -0.3 is 5.32 Å². The van der Waals surface area contributed by atoms with E-state index in [1.165, 1.54) is 12.1 Å². The summed E-state index contributed by atoms with van der Waals surface area (Å²) < 4.78 is 79.7. The Hall–Kier alpha value is -2.17. The lowest BCUT2D eigenvalue weighted by molar-refractivity contribution is -0.137. The molecule has 1 aliphatic heterocycles. The number of carbonyl (C=O) groups is 1. The van der Waals surface area contributed by atoms with Crippen molar-refractivity contribution in [1.29, 1.82) is 0 Å². The minimum Gasteiger partial charge on any atom is -0.323 e. The Bertz CT molecular complexity index is 1100. The average Bonchev–Trinajstić information content (AvgIpc) is 2.69. The molecule has 0 aliphatic carbocycles. The number of carbonyl (C=O) groups excluding carboxylic acids is 1. The second-order valence-corrected chi connectivity index (χ2v) is 9.64. The van der Waals surface area contributed by atoms with Gasteiger partial charge in [0.25, 0.3) is 0 Å². The normalized spacial score (nSPS) is 16.3. The quantitative estimate of drug-likeness (QED) is 0.639. The Kier molecular flexibility index (Phi) is 6.64. The molecule has 1 saturated heterocycles. The minimum absolute atomic E-state index is 0.0338. The molecular weight excluding hydrogens is 460 g/mol. The summed E-state index contributed by atoms with van der Waals surface area (Å²) in [6.45, 7) is 1.60. The molecule has 0 aromatic heterocycles. The fourth-order valence-corrected chi connectivity index (χ4v) is 5.07. The van der Waals surface area contributed by atoms with Gasteiger partial charge in [0.1, 0.15) is 5.82 Å². The van der Waals surface area contributed by atoms with Crippen LogP contribution < -0.4 is 5.32 Å². The molecule has 11 heteroatoms. The van der Waals surface area contributed by atoms with E-state index >= 15 is 0 Å². The highest BCUT2D eigenvalue weighted by Gasteiger charge is 2.37. The lowest BCUT2D eigenvalue weighted by atomic mass is 9.97. The molecule has 1 fully saturated rings. The summed E-state index contributed by atoms with van der Waals surface area (Å²) in [6, 6.07) is 6.80. The molecule has 5 nitrogen and oxygen atoms in total. The molecule has 0 saturated carbocycles. The Labute approximate surface area is 182 Å². The van der Waals surface area contributed by atoms with Crippen LogP contribution in [0.2, 0.25) is 5.02 Å². The predicted molar refractivity (Wildman–Crippen MR) is 108 cm³/mol. The first kappa shape index (κ1) is 23.5. The van der Waals surface area contributed by atoms with Gasteiger partial charge in [0.15, 0.2) is 0 Å². The summed E-state index contributed by atoms with van der Waals surface area (Å²) >= 11 is 5.56. The standard InChI is InChI=1S/C20H19ClF4N2O3S/c1-12-2-5-18(17(22)10-12)26-19(28)13-6-8-27(9-7-13)31(29,30)14-3-4-16(21)15(11-14)20(23,24)25/h2-5,10-11,13H,6-9H2,1H3,(H,26,28). The second-order valence-electron chi connectivity index (χ2n) is 7.29. The molecule has 2 aromatic rings. The Balaban J connectivity index is 1.69. The summed E-state index contributed by atoms with van der Waals surface area (Å²) in [5.74, 6) is -1.56. The van der Waals surface area contributed by atoms with Crippen LogP contribution in [0.5, 0.6) is 0 Å². The summed E-state index contributed by atoms with van der Waals surface area (Å²) in [7, 11) is -4.20. The molecule has 0 unspecified atom stereocenters. The Morgan fingerprint density at radius 3 is 2.35 bits per heavy atom. The summed E-state index contributed by atoms with van der Waals surface area (Å²) in [6.07, 6.45) is -4.49. The van der Waals surface area contributed by atoms with E-state index < -0.39 is 49.3 Å². The van der Waals surface area contributed by atoms with Crippen LogP contribution in [-0.2, 0) is 21.0 Å². The van der Waals surface area contributed by atoms with Gasteiger partial charge in [-0.1, -0.05) is 17.7 Å². The largest absolute Gasteiger partial charge is 0.417 e. The summed E-state index contributed by atoms with van der Waals surface area (Å²) in [5.41, 5.74) is -0.499. The van der Waals surface area contributed by atoms with E-state index in [0.717, 1.165) is 16.4 Å². The molecule has 0 spiro atoms. The van der Waals surface area contributed by atoms with Crippen LogP contribution in [0.15, 0.2) is 41.3 Å². The van der Waals surface area contributed by atoms with Crippen molar-refractivity contribution < 1.29 is 30.8 Å². The van der Waals surface area contributed by atoms with E-state index in [-0.39, 0.29) is 31.6 Å². The van der Waals surface area contributed by atoms with Crippen LogP contribution in [0.1, 0.15) is 24.0 Å². The fourth-order valence-electron chi connectivity index (χ4n) is 3.35. The van der Waals surface area contributed by atoms with Crippen molar-refractivity contribution in [2.75, 3.05) is 18.4 Å². The van der Waals surface area contributed by atoms with Crippen LogP contribution >= 0.6 is 11.6 Å². The highest BCUT2D eigenvalue weighted by Crippen LogP contribution is 2.37. The zero-order valence-corrected chi connectivity index (χ0v) is 17.9. The van der Waals surface area contributed by atoms with Crippen LogP contribution in [0.4, 0.5) is 23.2 Å². The number of rotatable bonds is 4. The highest BCUT2D eigenvalue weighted by molar-refractivity contribution is 7.89. The van der Waals surface area contributed by atoms with Gasteiger partial charge in [-0.15, -0.1) is 0 Å². The first-order valence-electron chi connectivity index (χ1n) is 9.33. The van der Waals surface area contributed by atoms with Gasteiger partial charge in [0, 0.05) is 19.0 Å². The number of piperidine rings is 1. The van der Waals surface area contributed by atoms with Crippen molar-refractivity contribution in [2.45, 2.75) is 30.8 Å². The van der Waals surface area contributed by atoms with Gasteiger partial charge in [-0.05, 0) is 55.7 Å². The van der Waals surface area contributed by atoms with Crippen molar-refractivity contribution >= 4 is 33.2 Å². The smallest absolute Gasteiger partial charge is 0.323 e. The third kappa shape index (κ3) is 5.19. The van der Waals surface area contributed by atoms with Gasteiger partial charge in [-0.2, -0.15) is 17.5 Å². The number of amides is 1. The zero-order valence-electron chi connectivity index (χ0n) is 16.3. The highest BCUT2D eigenvalue weighted by atomic mass is 35.5. The molecule has 31 heavy (non-hydrogen) atoms. The molecule has 2 aromatic carbocycles. The molecular formula is C20H19ClF4N2O3S. The number of nitrogens with zero attached hydrogens (tertiary/aromatic N) is 1. The van der Waals surface area contributed by atoms with E-state index in [9.17, 15) is 30.8 Å². The SMILES string of the molecule is Cc1ccc(NC(=O)C2CCN(S(=O)(=O)c3ccc(Cl)c(C(F)(F)F)c3)CC2)c(F)c1. The molecule has 0 radical (unpaired) electrons. The summed E-state index contributed by atoms with van der Waals surface area (Å²) in [4.78, 5) is 11.9. The van der Waals surface area contributed by atoms with Crippen molar-refractivity contribution in [2.24, 2.45) is 5.92 Å². The average molecular weight is 479 g/mol. The minimum atomic E-state index is -4.79. The van der Waals surface area contributed by atoms with E-state index in [2.05, 4.69) is 5.32 Å². The van der Waals surface area contributed by atoms with Gasteiger partial charge in [0.05, 0.1) is 21.2 Å². The Morgan fingerprint density at radius 2 is 1.77 bits per heavy atom. The molecule has 1 amide bonds. The van der Waals surface area contributed by atoms with Crippen LogP contribution in [0.3, 0.4) is 0 Å². The zero-order chi connectivity index (χ0) is 23.0. The number of halogens is 5. The predicted octanol–water partition coefficient (Wildman–Crippen LogP) is 4.85. The molecule has 0 atom stereocenters. The van der Waals surface area contributed by atoms with Gasteiger partial charge in [-0.3, -0.25) is 4.79 Å². The van der Waals surface area contributed by atoms with E-state index in [0.29, 0.717) is 11.6 Å². The number of hydrogen-bond acceptors (Lipinski definition) is 3. The number of hydrogen-bond donors (Lipinski definition) is 1. The van der Waals surface area contributed by atoms with Gasteiger partial charge in [0.2, 0.25) is 15.9 Å². The molecule has 3 rings (SSSR count). The van der Waals surface area contributed by atoms with E-state index in [1.54, 1.807) is 13.0 Å². The van der Waals surface area contributed by atoms with Crippen molar-refractivity contribution in [3.8, 4) is 0 Å². The molecule has 0 bridgehead atoms. The van der Waals surface area contributed by atoms with E-state index in [1.807, 2.05) is 0 Å². The number of aryl methyl sites for hydroxylation is 1. The van der Waals surface area contributed by atoms with Crippen LogP contribution in [0, 0.1) is 18.7 Å². The monoisotopic (exact) mass is 478 g/mol. The van der Waals surface area contributed by atoms with Crippen molar-refractivity contribution in [3.05, 3.63) is 58.4 Å². The Morgan fingerprint density at radius 1 is 1.13 bits per heavy atom. The van der Waals surface area contributed by atoms with Crippen LogP contribution in [0.25, 0.3) is 0 Å². The topological polar surface area (TPSA) is 66.5 Å². The molecule has 1 aliphatic rings. The van der Waals surface area contributed by atoms with Crippen molar-refractivity contribution in [1.82, 2.24) is 4.31 Å². The lowest BCUT2D eigenvalue weighted by Crippen LogP contribution is -2.41.